The number of para-hydroxylation sites is 1. The lowest BCUT2D eigenvalue weighted by Gasteiger charge is -2.27. The van der Waals surface area contributed by atoms with E-state index in [-0.39, 0.29) is 27.4 Å². The molecule has 0 amide bonds. The zero-order valence-corrected chi connectivity index (χ0v) is 38.5. The number of benzene rings is 6. The van der Waals surface area contributed by atoms with Gasteiger partial charge in [0.05, 0.1) is 28.0 Å². The molecule has 1 aliphatic rings. The summed E-state index contributed by atoms with van der Waals surface area (Å²) in [6, 6.07) is 46.1. The fourth-order valence-electron chi connectivity index (χ4n) is 9.37. The maximum absolute atomic E-state index is 12.5. The summed E-state index contributed by atoms with van der Waals surface area (Å²) in [7, 11) is 0. The Kier molecular flexibility index (Phi) is 9.56. The van der Waals surface area contributed by atoms with Crippen molar-refractivity contribution in [2.45, 2.75) is 105 Å². The lowest BCUT2D eigenvalue weighted by Crippen LogP contribution is -2.17. The second-order valence-corrected chi connectivity index (χ2v) is 21.1. The Morgan fingerprint density at radius 3 is 1.90 bits per heavy atom. The normalized spacial score (nSPS) is 13.7. The molecule has 0 bridgehead atoms. The van der Waals surface area contributed by atoms with Crippen LogP contribution in [-0.2, 0) is 21.7 Å². The van der Waals surface area contributed by atoms with Crippen LogP contribution in [0.5, 0.6) is 5.75 Å². The third-order valence-electron chi connectivity index (χ3n) is 13.1. The minimum Gasteiger partial charge on any atom is -0.507 e. The van der Waals surface area contributed by atoms with E-state index in [0.29, 0.717) is 5.82 Å². The van der Waals surface area contributed by atoms with Crippen molar-refractivity contribution in [1.82, 2.24) is 14.5 Å². The molecule has 2 heterocycles. The first-order valence-corrected chi connectivity index (χ1v) is 22.0. The molecule has 0 saturated carbocycles. The zero-order chi connectivity index (χ0) is 44.1. The molecule has 62 heavy (non-hydrogen) atoms. The van der Waals surface area contributed by atoms with E-state index in [1.54, 1.807) is 0 Å². The van der Waals surface area contributed by atoms with Gasteiger partial charge in [-0.15, -0.1) is 0 Å². The highest BCUT2D eigenvalue weighted by Crippen LogP contribution is 2.50. The van der Waals surface area contributed by atoms with Crippen molar-refractivity contribution in [3.8, 4) is 67.5 Å². The Bertz CT molecular complexity index is 3050. The molecule has 1 N–H and O–H groups in total. The Morgan fingerprint density at radius 1 is 0.532 bits per heavy atom. The number of rotatable bonds is 5. The number of aryl methyl sites for hydroxylation is 1. The highest BCUT2D eigenvalue weighted by Gasteiger charge is 2.36. The van der Waals surface area contributed by atoms with Crippen LogP contribution in [0.1, 0.15) is 110 Å². The first-order valence-electron chi connectivity index (χ1n) is 22.0. The first-order chi connectivity index (χ1) is 29.2. The van der Waals surface area contributed by atoms with Gasteiger partial charge in [0.15, 0.2) is 0 Å². The van der Waals surface area contributed by atoms with Crippen LogP contribution in [0.25, 0.3) is 72.7 Å². The second kappa shape index (κ2) is 14.4. The molecule has 1 aliphatic carbocycles. The molecular weight excluding hydrogens is 755 g/mol. The summed E-state index contributed by atoms with van der Waals surface area (Å²) in [6.45, 7) is 26.8. The lowest BCUT2D eigenvalue weighted by molar-refractivity contribution is 0.446. The number of hydrogen-bond donors (Lipinski definition) is 1. The summed E-state index contributed by atoms with van der Waals surface area (Å²) in [5.41, 5.74) is 18.8. The number of imidazole rings is 1. The average molecular weight is 814 g/mol. The highest BCUT2D eigenvalue weighted by atomic mass is 16.3. The SMILES string of the molecule is Cc1ccc(-n2c(-c3cc(C(C)(C)C)cc(C(C)(C)C)c3O)nc3c(-c4cc(-c5cc6c(cn5)C(C)(C)c5ccccc5-6)cc(C(C)(C)C)c4)cccc32)c(-c2ccccc2)c1. The minimum absolute atomic E-state index is 0.117. The summed E-state index contributed by atoms with van der Waals surface area (Å²) in [4.78, 5) is 10.9. The quantitative estimate of drug-likeness (QED) is 0.188. The maximum Gasteiger partial charge on any atom is 0.149 e. The van der Waals surface area contributed by atoms with Gasteiger partial charge in [-0.25, -0.2) is 4.98 Å². The summed E-state index contributed by atoms with van der Waals surface area (Å²) >= 11 is 0. The number of hydrogen-bond acceptors (Lipinski definition) is 3. The fraction of sp³-hybridized carbons (Fsp3) is 0.276. The number of phenolic OH excluding ortho intramolecular Hbond substituents is 1. The van der Waals surface area contributed by atoms with E-state index in [9.17, 15) is 5.11 Å². The molecule has 0 aliphatic heterocycles. The fourth-order valence-corrected chi connectivity index (χ4v) is 9.37. The van der Waals surface area contributed by atoms with Gasteiger partial charge >= 0.3 is 0 Å². The summed E-state index contributed by atoms with van der Waals surface area (Å²) in [5.74, 6) is 0.970. The van der Waals surface area contributed by atoms with Crippen molar-refractivity contribution in [3.05, 3.63) is 167 Å². The highest BCUT2D eigenvalue weighted by molar-refractivity contribution is 5.98. The van der Waals surface area contributed by atoms with Crippen LogP contribution in [0.15, 0.2) is 134 Å². The van der Waals surface area contributed by atoms with E-state index < -0.39 is 0 Å². The van der Waals surface area contributed by atoms with Gasteiger partial charge in [-0.2, -0.15) is 0 Å². The van der Waals surface area contributed by atoms with Crippen molar-refractivity contribution < 1.29 is 5.11 Å². The largest absolute Gasteiger partial charge is 0.507 e. The first kappa shape index (κ1) is 41.1. The van der Waals surface area contributed by atoms with Crippen LogP contribution in [0.4, 0.5) is 0 Å². The van der Waals surface area contributed by atoms with Crippen molar-refractivity contribution >= 4 is 11.0 Å². The maximum atomic E-state index is 12.5. The van der Waals surface area contributed by atoms with Gasteiger partial charge in [0.25, 0.3) is 0 Å². The van der Waals surface area contributed by atoms with Crippen molar-refractivity contribution in [1.29, 1.82) is 0 Å². The number of phenols is 1. The molecule has 0 saturated heterocycles. The predicted octanol–water partition coefficient (Wildman–Crippen LogP) is 15.3. The van der Waals surface area contributed by atoms with E-state index in [1.165, 1.54) is 33.4 Å². The molecule has 9 rings (SSSR count). The lowest BCUT2D eigenvalue weighted by atomic mass is 9.79. The van der Waals surface area contributed by atoms with Gasteiger partial charge in [0.2, 0.25) is 0 Å². The zero-order valence-electron chi connectivity index (χ0n) is 38.5. The van der Waals surface area contributed by atoms with Crippen molar-refractivity contribution in [2.75, 3.05) is 0 Å². The predicted molar refractivity (Wildman–Crippen MR) is 261 cm³/mol. The molecule has 6 aromatic carbocycles. The van der Waals surface area contributed by atoms with Crippen LogP contribution in [-0.4, -0.2) is 19.6 Å². The Balaban J connectivity index is 1.34. The van der Waals surface area contributed by atoms with Gasteiger partial charge in [-0.05, 0) is 110 Å². The Labute approximate surface area is 368 Å². The molecule has 312 valence electrons. The Morgan fingerprint density at radius 2 is 1.19 bits per heavy atom. The molecular formula is C58H59N3O. The van der Waals surface area contributed by atoms with Crippen LogP contribution in [0.3, 0.4) is 0 Å². The molecule has 0 radical (unpaired) electrons. The van der Waals surface area contributed by atoms with E-state index >= 15 is 0 Å². The smallest absolute Gasteiger partial charge is 0.149 e. The van der Waals surface area contributed by atoms with Crippen LogP contribution >= 0.6 is 0 Å². The Hall–Kier alpha value is -6.26. The van der Waals surface area contributed by atoms with E-state index in [0.717, 1.165) is 66.9 Å². The number of aromatic hydroxyl groups is 1. The molecule has 0 spiro atoms. The minimum atomic E-state index is -0.311. The number of fused-ring (bicyclic) bond motifs is 4. The van der Waals surface area contributed by atoms with Gasteiger partial charge < -0.3 is 5.11 Å². The van der Waals surface area contributed by atoms with E-state index in [1.807, 2.05) is 0 Å². The number of nitrogens with zero attached hydrogens (tertiary/aromatic N) is 3. The number of pyridine rings is 1. The molecule has 0 fully saturated rings. The molecule has 2 aromatic heterocycles. The summed E-state index contributed by atoms with van der Waals surface area (Å²) < 4.78 is 2.28. The van der Waals surface area contributed by atoms with E-state index in [4.69, 9.17) is 9.97 Å². The van der Waals surface area contributed by atoms with Gasteiger partial charge in [-0.3, -0.25) is 9.55 Å². The average Bonchev–Trinajstić information content (AvgIpc) is 3.72. The molecule has 0 atom stereocenters. The molecule has 0 unspecified atom stereocenters. The second-order valence-electron chi connectivity index (χ2n) is 21.1. The molecule has 4 heteroatoms. The topological polar surface area (TPSA) is 50.9 Å². The van der Waals surface area contributed by atoms with Gasteiger partial charge in [0, 0.05) is 33.9 Å². The van der Waals surface area contributed by atoms with Gasteiger partial charge in [0.1, 0.15) is 11.6 Å². The summed E-state index contributed by atoms with van der Waals surface area (Å²) in [5, 5.41) is 12.5. The third kappa shape index (κ3) is 6.94. The number of aromatic nitrogens is 3. The van der Waals surface area contributed by atoms with Crippen molar-refractivity contribution in [2.24, 2.45) is 0 Å². The van der Waals surface area contributed by atoms with Crippen LogP contribution < -0.4 is 0 Å². The molecule has 8 aromatic rings. The van der Waals surface area contributed by atoms with Crippen molar-refractivity contribution in [3.63, 3.8) is 0 Å². The van der Waals surface area contributed by atoms with E-state index in [2.05, 4.69) is 221 Å². The standard InChI is InChI=1S/C58H59N3O/c1-35-25-26-50(43(27-35)36-19-14-13-15-20-36)61-51-24-18-22-41(52(51)60-54(61)45-31-40(56(5,6)7)32-47(53(45)62)57(8,9)10)37-28-38(30-39(29-37)55(2,3)4)49-33-44-42-21-16-17-23-46(42)58(11,12)48(44)34-59-49/h13-34,62H,1-12H3. The monoisotopic (exact) mass is 813 g/mol. The summed E-state index contributed by atoms with van der Waals surface area (Å²) in [6.07, 6.45) is 2.10. The molecule has 4 nitrogen and oxygen atoms in total. The van der Waals surface area contributed by atoms with Crippen LogP contribution in [0, 0.1) is 6.92 Å². The van der Waals surface area contributed by atoms with Crippen LogP contribution in [0.2, 0.25) is 0 Å². The van der Waals surface area contributed by atoms with Gasteiger partial charge in [-0.1, -0.05) is 167 Å². The third-order valence-corrected chi connectivity index (χ3v) is 13.1.